The average molecular weight is 380 g/mol. The quantitative estimate of drug-likeness (QED) is 0.749. The predicted molar refractivity (Wildman–Crippen MR) is 79.6 cm³/mol. The number of imidazole rings is 1. The summed E-state index contributed by atoms with van der Waals surface area (Å²) in [5.41, 5.74) is 0. The summed E-state index contributed by atoms with van der Waals surface area (Å²) in [5.74, 6) is 1.11. The van der Waals surface area contributed by atoms with Gasteiger partial charge in [-0.3, -0.25) is 0 Å². The first-order valence-corrected chi connectivity index (χ1v) is 8.83. The SMILES string of the molecule is Cc1nccn1CCOc1ccc(Br)cc1S(=O)(=O)Cl. The van der Waals surface area contributed by atoms with E-state index in [4.69, 9.17) is 15.4 Å². The molecule has 0 bridgehead atoms. The number of hydrogen-bond acceptors (Lipinski definition) is 4. The van der Waals surface area contributed by atoms with Gasteiger partial charge in [-0.05, 0) is 25.1 Å². The second-order valence-corrected chi connectivity index (χ2v) is 7.50. The van der Waals surface area contributed by atoms with E-state index < -0.39 is 9.05 Å². The standard InChI is InChI=1S/C12H12BrClN2O3S/c1-9-15-4-5-16(9)6-7-19-11-3-2-10(13)8-12(11)20(14,17)18/h2-5,8H,6-7H2,1H3. The van der Waals surface area contributed by atoms with Crippen LogP contribution in [0.2, 0.25) is 0 Å². The van der Waals surface area contributed by atoms with Crippen molar-refractivity contribution in [2.45, 2.75) is 18.4 Å². The Bertz CT molecular complexity index is 715. The van der Waals surface area contributed by atoms with E-state index >= 15 is 0 Å². The van der Waals surface area contributed by atoms with Crippen LogP contribution in [0.5, 0.6) is 5.75 Å². The van der Waals surface area contributed by atoms with Crippen LogP contribution in [0.3, 0.4) is 0 Å². The van der Waals surface area contributed by atoms with Crippen molar-refractivity contribution < 1.29 is 13.2 Å². The molecule has 20 heavy (non-hydrogen) atoms. The summed E-state index contributed by atoms with van der Waals surface area (Å²) in [6.07, 6.45) is 3.53. The Morgan fingerprint density at radius 2 is 2.20 bits per heavy atom. The minimum Gasteiger partial charge on any atom is -0.490 e. The van der Waals surface area contributed by atoms with E-state index in [2.05, 4.69) is 20.9 Å². The van der Waals surface area contributed by atoms with Gasteiger partial charge in [-0.1, -0.05) is 15.9 Å². The van der Waals surface area contributed by atoms with Gasteiger partial charge in [0, 0.05) is 27.5 Å². The van der Waals surface area contributed by atoms with Crippen LogP contribution in [0.4, 0.5) is 0 Å². The monoisotopic (exact) mass is 378 g/mol. The third kappa shape index (κ3) is 3.74. The van der Waals surface area contributed by atoms with Crippen LogP contribution in [0.1, 0.15) is 5.82 Å². The van der Waals surface area contributed by atoms with E-state index in [1.807, 2.05) is 17.7 Å². The van der Waals surface area contributed by atoms with Crippen LogP contribution < -0.4 is 4.74 Å². The predicted octanol–water partition coefficient (Wildman–Crippen LogP) is 2.96. The van der Waals surface area contributed by atoms with Gasteiger partial charge in [0.15, 0.2) is 0 Å². The lowest BCUT2D eigenvalue weighted by atomic mass is 10.3. The molecular weight excluding hydrogens is 368 g/mol. The molecule has 1 aromatic heterocycles. The van der Waals surface area contributed by atoms with Crippen molar-refractivity contribution >= 4 is 35.7 Å². The third-order valence-corrected chi connectivity index (χ3v) is 4.52. The highest BCUT2D eigenvalue weighted by molar-refractivity contribution is 9.10. The number of benzene rings is 1. The topological polar surface area (TPSA) is 61.2 Å². The molecule has 0 N–H and O–H groups in total. The van der Waals surface area contributed by atoms with Crippen LogP contribution in [0, 0.1) is 6.92 Å². The molecule has 0 saturated carbocycles. The van der Waals surface area contributed by atoms with Crippen molar-refractivity contribution in [3.05, 3.63) is 40.9 Å². The summed E-state index contributed by atoms with van der Waals surface area (Å²) < 4.78 is 31.0. The van der Waals surface area contributed by atoms with Crippen molar-refractivity contribution in [2.24, 2.45) is 0 Å². The van der Waals surface area contributed by atoms with Crippen molar-refractivity contribution in [2.75, 3.05) is 6.61 Å². The molecule has 0 aliphatic heterocycles. The largest absolute Gasteiger partial charge is 0.490 e. The smallest absolute Gasteiger partial charge is 0.265 e. The number of aromatic nitrogens is 2. The van der Waals surface area contributed by atoms with Crippen molar-refractivity contribution in [3.8, 4) is 5.75 Å². The molecule has 2 rings (SSSR count). The molecule has 0 aliphatic rings. The molecule has 0 radical (unpaired) electrons. The van der Waals surface area contributed by atoms with E-state index in [-0.39, 0.29) is 10.6 Å². The summed E-state index contributed by atoms with van der Waals surface area (Å²) >= 11 is 3.21. The van der Waals surface area contributed by atoms with Gasteiger partial charge in [0.2, 0.25) is 0 Å². The molecular formula is C12H12BrClN2O3S. The Balaban J connectivity index is 2.12. The summed E-state index contributed by atoms with van der Waals surface area (Å²) in [6.45, 7) is 2.77. The minimum absolute atomic E-state index is 0.0455. The van der Waals surface area contributed by atoms with E-state index in [1.54, 1.807) is 18.3 Å². The fraction of sp³-hybridized carbons (Fsp3) is 0.250. The lowest BCUT2D eigenvalue weighted by Gasteiger charge is -2.11. The first-order valence-electron chi connectivity index (χ1n) is 5.72. The lowest BCUT2D eigenvalue weighted by molar-refractivity contribution is 0.290. The molecule has 0 spiro atoms. The number of aryl methyl sites for hydroxylation is 1. The van der Waals surface area contributed by atoms with Gasteiger partial charge < -0.3 is 9.30 Å². The number of nitrogens with zero attached hydrogens (tertiary/aromatic N) is 2. The van der Waals surface area contributed by atoms with E-state index in [1.165, 1.54) is 6.07 Å². The highest BCUT2D eigenvalue weighted by Crippen LogP contribution is 2.30. The van der Waals surface area contributed by atoms with Gasteiger partial charge in [0.25, 0.3) is 9.05 Å². The zero-order valence-corrected chi connectivity index (χ0v) is 13.7. The van der Waals surface area contributed by atoms with Gasteiger partial charge in [-0.25, -0.2) is 13.4 Å². The highest BCUT2D eigenvalue weighted by atomic mass is 79.9. The van der Waals surface area contributed by atoms with Crippen molar-refractivity contribution in [3.63, 3.8) is 0 Å². The van der Waals surface area contributed by atoms with Crippen LogP contribution in [-0.2, 0) is 15.6 Å². The van der Waals surface area contributed by atoms with Crippen molar-refractivity contribution in [1.82, 2.24) is 9.55 Å². The molecule has 2 aromatic rings. The number of ether oxygens (including phenoxy) is 1. The molecule has 0 amide bonds. The summed E-state index contributed by atoms with van der Waals surface area (Å²) in [6, 6.07) is 4.68. The van der Waals surface area contributed by atoms with E-state index in [9.17, 15) is 8.42 Å². The number of halogens is 2. The van der Waals surface area contributed by atoms with E-state index in [0.29, 0.717) is 17.6 Å². The molecule has 0 fully saturated rings. The molecule has 0 saturated heterocycles. The molecule has 1 aromatic carbocycles. The second kappa shape index (κ2) is 6.15. The highest BCUT2D eigenvalue weighted by Gasteiger charge is 2.17. The molecule has 1 heterocycles. The summed E-state index contributed by atoms with van der Waals surface area (Å²) in [5, 5.41) is 0. The second-order valence-electron chi connectivity index (χ2n) is 4.05. The lowest BCUT2D eigenvalue weighted by Crippen LogP contribution is -2.10. The Morgan fingerprint density at radius 1 is 1.45 bits per heavy atom. The van der Waals surface area contributed by atoms with Gasteiger partial charge in [-0.15, -0.1) is 0 Å². The van der Waals surface area contributed by atoms with Crippen LogP contribution in [0.25, 0.3) is 0 Å². The van der Waals surface area contributed by atoms with Crippen LogP contribution >= 0.6 is 26.6 Å². The number of rotatable bonds is 5. The Hall–Kier alpha value is -1.05. The summed E-state index contributed by atoms with van der Waals surface area (Å²) in [7, 11) is 1.55. The third-order valence-electron chi connectivity index (χ3n) is 2.68. The molecule has 0 atom stereocenters. The molecule has 0 aliphatic carbocycles. The Morgan fingerprint density at radius 3 is 2.80 bits per heavy atom. The minimum atomic E-state index is -3.85. The molecule has 8 heteroatoms. The molecule has 0 unspecified atom stereocenters. The van der Waals surface area contributed by atoms with Gasteiger partial charge in [0.05, 0.1) is 6.54 Å². The average Bonchev–Trinajstić information content (AvgIpc) is 2.76. The maximum Gasteiger partial charge on any atom is 0.265 e. The fourth-order valence-electron chi connectivity index (χ4n) is 1.69. The normalized spacial score (nSPS) is 11.6. The van der Waals surface area contributed by atoms with Crippen LogP contribution in [-0.4, -0.2) is 24.6 Å². The van der Waals surface area contributed by atoms with Gasteiger partial charge in [-0.2, -0.15) is 0 Å². The first-order chi connectivity index (χ1) is 9.38. The first kappa shape index (κ1) is 15.3. The van der Waals surface area contributed by atoms with Gasteiger partial charge >= 0.3 is 0 Å². The Labute approximate surface area is 130 Å². The maximum absolute atomic E-state index is 11.5. The molecule has 5 nitrogen and oxygen atoms in total. The van der Waals surface area contributed by atoms with Gasteiger partial charge in [0.1, 0.15) is 23.1 Å². The van der Waals surface area contributed by atoms with E-state index in [0.717, 1.165) is 5.82 Å². The summed E-state index contributed by atoms with van der Waals surface area (Å²) in [4.78, 5) is 4.05. The van der Waals surface area contributed by atoms with Crippen molar-refractivity contribution in [1.29, 1.82) is 0 Å². The maximum atomic E-state index is 11.5. The zero-order chi connectivity index (χ0) is 14.8. The number of hydrogen-bond donors (Lipinski definition) is 0. The Kier molecular flexibility index (Phi) is 4.72. The molecule has 108 valence electrons. The van der Waals surface area contributed by atoms with Crippen LogP contribution in [0.15, 0.2) is 40.0 Å². The fourth-order valence-corrected chi connectivity index (χ4v) is 3.20. The zero-order valence-electron chi connectivity index (χ0n) is 10.6.